The van der Waals surface area contributed by atoms with Gasteiger partial charge in [-0.15, -0.1) is 0 Å². The second-order valence-corrected chi connectivity index (χ2v) is 10.1. The van der Waals surface area contributed by atoms with Crippen LogP contribution in [0, 0.1) is 18.6 Å². The van der Waals surface area contributed by atoms with Gasteiger partial charge in [-0.2, -0.15) is 5.10 Å². The molecule has 1 aliphatic heterocycles. The second-order valence-electron chi connectivity index (χ2n) is 7.90. The minimum absolute atomic E-state index is 0.0550. The van der Waals surface area contributed by atoms with Gasteiger partial charge in [0.25, 0.3) is 5.91 Å². The number of carbonyl (C=O) groups excluding carboxylic acids is 1. The normalized spacial score (nSPS) is 17.5. The van der Waals surface area contributed by atoms with Crippen molar-refractivity contribution in [2.75, 3.05) is 16.8 Å². The van der Waals surface area contributed by atoms with Crippen LogP contribution >= 0.6 is 0 Å². The molecule has 4 aromatic rings. The summed E-state index contributed by atoms with van der Waals surface area (Å²) in [5, 5.41) is 7.52. The molecule has 5 rings (SSSR count). The number of nitrogens with zero attached hydrogens (tertiary/aromatic N) is 3. The number of rotatable bonds is 4. The molecule has 1 fully saturated rings. The molecule has 11 heteroatoms. The van der Waals surface area contributed by atoms with E-state index in [1.165, 1.54) is 18.4 Å². The molecule has 170 valence electrons. The summed E-state index contributed by atoms with van der Waals surface area (Å²) < 4.78 is 58.0. The number of sulfone groups is 1. The van der Waals surface area contributed by atoms with Gasteiger partial charge in [0.15, 0.2) is 32.9 Å². The smallest absolute Gasteiger partial charge is 0.256 e. The molecule has 1 N–H and O–H groups in total. The van der Waals surface area contributed by atoms with E-state index in [9.17, 15) is 22.0 Å². The number of carbonyl (C=O) groups is 1. The SMILES string of the molecule is Cc1nn(C2CCS(=O)(=O)C2)c2nc(-c3ccco3)cc(C(=O)Nc3ccc(F)c(F)c3)c12. The molecular weight excluding hydrogens is 454 g/mol. The van der Waals surface area contributed by atoms with Crippen LogP contribution < -0.4 is 5.32 Å². The molecule has 1 atom stereocenters. The summed E-state index contributed by atoms with van der Waals surface area (Å²) in [6, 6.07) is 7.53. The third kappa shape index (κ3) is 3.88. The van der Waals surface area contributed by atoms with Gasteiger partial charge in [0.05, 0.1) is 40.5 Å². The number of furan rings is 1. The maximum atomic E-state index is 13.6. The average molecular weight is 472 g/mol. The van der Waals surface area contributed by atoms with E-state index in [0.29, 0.717) is 34.6 Å². The van der Waals surface area contributed by atoms with Crippen LogP contribution in [0.1, 0.15) is 28.5 Å². The fourth-order valence-electron chi connectivity index (χ4n) is 4.04. The maximum Gasteiger partial charge on any atom is 0.256 e. The van der Waals surface area contributed by atoms with E-state index in [-0.39, 0.29) is 22.8 Å². The highest BCUT2D eigenvalue weighted by molar-refractivity contribution is 7.91. The number of benzene rings is 1. The topological polar surface area (TPSA) is 107 Å². The lowest BCUT2D eigenvalue weighted by molar-refractivity contribution is 0.102. The van der Waals surface area contributed by atoms with Gasteiger partial charge in [0.2, 0.25) is 0 Å². The molecule has 1 amide bonds. The van der Waals surface area contributed by atoms with Gasteiger partial charge in [-0.1, -0.05) is 0 Å². The van der Waals surface area contributed by atoms with Crippen LogP contribution in [-0.4, -0.2) is 40.6 Å². The van der Waals surface area contributed by atoms with Crippen LogP contribution in [0.5, 0.6) is 0 Å². The van der Waals surface area contributed by atoms with E-state index in [4.69, 9.17) is 4.42 Å². The first kappa shape index (κ1) is 21.3. The molecule has 1 unspecified atom stereocenters. The number of nitrogens with one attached hydrogen (secondary N) is 1. The number of pyridine rings is 1. The third-order valence-corrected chi connectivity index (χ3v) is 7.34. The van der Waals surface area contributed by atoms with Gasteiger partial charge in [-0.05, 0) is 43.7 Å². The first-order valence-corrected chi connectivity index (χ1v) is 11.9. The summed E-state index contributed by atoms with van der Waals surface area (Å²) in [5.41, 5.74) is 1.46. The number of aryl methyl sites for hydroxylation is 1. The molecule has 0 bridgehead atoms. The fourth-order valence-corrected chi connectivity index (χ4v) is 5.73. The minimum atomic E-state index is -3.18. The van der Waals surface area contributed by atoms with Crippen molar-refractivity contribution >= 4 is 32.5 Å². The lowest BCUT2D eigenvalue weighted by atomic mass is 10.1. The second kappa shape index (κ2) is 7.77. The Hall–Kier alpha value is -3.60. The zero-order valence-electron chi connectivity index (χ0n) is 17.4. The largest absolute Gasteiger partial charge is 0.463 e. The van der Waals surface area contributed by atoms with Crippen LogP contribution in [0.25, 0.3) is 22.5 Å². The Labute approximate surface area is 187 Å². The van der Waals surface area contributed by atoms with Crippen molar-refractivity contribution in [2.24, 2.45) is 0 Å². The van der Waals surface area contributed by atoms with E-state index in [1.807, 2.05) is 0 Å². The first-order valence-electron chi connectivity index (χ1n) is 10.1. The number of halogens is 2. The molecule has 1 aromatic carbocycles. The average Bonchev–Trinajstić information content (AvgIpc) is 3.49. The number of aromatic nitrogens is 3. The zero-order chi connectivity index (χ0) is 23.3. The van der Waals surface area contributed by atoms with Gasteiger partial charge in [-0.25, -0.2) is 26.9 Å². The van der Waals surface area contributed by atoms with Crippen molar-refractivity contribution in [3.63, 3.8) is 0 Å². The number of anilines is 1. The van der Waals surface area contributed by atoms with E-state index in [2.05, 4.69) is 15.4 Å². The minimum Gasteiger partial charge on any atom is -0.463 e. The molecule has 1 aliphatic rings. The molecule has 3 aromatic heterocycles. The summed E-state index contributed by atoms with van der Waals surface area (Å²) in [4.78, 5) is 17.8. The number of hydrogen-bond acceptors (Lipinski definition) is 6. The molecule has 0 spiro atoms. The lowest BCUT2D eigenvalue weighted by Crippen LogP contribution is -2.15. The molecular formula is C22H18F2N4O4S. The van der Waals surface area contributed by atoms with Gasteiger partial charge in [0, 0.05) is 11.8 Å². The molecule has 1 saturated heterocycles. The van der Waals surface area contributed by atoms with E-state index < -0.39 is 33.4 Å². The van der Waals surface area contributed by atoms with Crippen LogP contribution in [-0.2, 0) is 9.84 Å². The fraction of sp³-hybridized carbons (Fsp3) is 0.227. The Balaban J connectivity index is 1.65. The zero-order valence-corrected chi connectivity index (χ0v) is 18.2. The monoisotopic (exact) mass is 472 g/mol. The van der Waals surface area contributed by atoms with Crippen molar-refractivity contribution in [3.8, 4) is 11.5 Å². The standard InChI is InChI=1S/C22H18F2N4O4S/c1-12-20-15(22(29)25-13-4-5-16(23)17(24)9-13)10-18(19-3-2-7-32-19)26-21(20)28(27-12)14-6-8-33(30,31)11-14/h2-5,7,9-10,14H,6,8,11H2,1H3,(H,25,29). The Kier molecular flexibility index (Phi) is 5.00. The summed E-state index contributed by atoms with van der Waals surface area (Å²) in [6.45, 7) is 1.70. The summed E-state index contributed by atoms with van der Waals surface area (Å²) in [5.74, 6) is -2.30. The van der Waals surface area contributed by atoms with E-state index >= 15 is 0 Å². The highest BCUT2D eigenvalue weighted by Crippen LogP contribution is 2.32. The molecule has 0 saturated carbocycles. The predicted octanol–water partition coefficient (Wildman–Crippen LogP) is 3.89. The summed E-state index contributed by atoms with van der Waals surface area (Å²) in [6.07, 6.45) is 1.86. The quantitative estimate of drug-likeness (QED) is 0.483. The van der Waals surface area contributed by atoms with Crippen molar-refractivity contribution < 1.29 is 26.4 Å². The van der Waals surface area contributed by atoms with E-state index in [1.54, 1.807) is 23.7 Å². The van der Waals surface area contributed by atoms with Gasteiger partial charge in [-0.3, -0.25) is 4.79 Å². The van der Waals surface area contributed by atoms with E-state index in [0.717, 1.165) is 12.1 Å². The van der Waals surface area contributed by atoms with Crippen LogP contribution in [0.15, 0.2) is 47.1 Å². The van der Waals surface area contributed by atoms with Crippen LogP contribution in [0.4, 0.5) is 14.5 Å². The highest BCUT2D eigenvalue weighted by Gasteiger charge is 2.32. The number of hydrogen-bond donors (Lipinski definition) is 1. The van der Waals surface area contributed by atoms with Gasteiger partial charge < -0.3 is 9.73 Å². The highest BCUT2D eigenvalue weighted by atomic mass is 32.2. The molecule has 33 heavy (non-hydrogen) atoms. The Bertz CT molecular complexity index is 1500. The third-order valence-electron chi connectivity index (χ3n) is 5.59. The van der Waals surface area contributed by atoms with Crippen molar-refractivity contribution in [1.82, 2.24) is 14.8 Å². The summed E-state index contributed by atoms with van der Waals surface area (Å²) >= 11 is 0. The Morgan fingerprint density at radius 3 is 2.70 bits per heavy atom. The first-order chi connectivity index (χ1) is 15.7. The Morgan fingerprint density at radius 2 is 2.03 bits per heavy atom. The lowest BCUT2D eigenvalue weighted by Gasteiger charge is -2.12. The number of amides is 1. The number of fused-ring (bicyclic) bond motifs is 1. The van der Waals surface area contributed by atoms with Gasteiger partial charge >= 0.3 is 0 Å². The molecule has 4 heterocycles. The summed E-state index contributed by atoms with van der Waals surface area (Å²) in [7, 11) is -3.18. The van der Waals surface area contributed by atoms with Crippen LogP contribution in [0.3, 0.4) is 0 Å². The van der Waals surface area contributed by atoms with Gasteiger partial charge in [0.1, 0.15) is 5.69 Å². The Morgan fingerprint density at radius 1 is 1.21 bits per heavy atom. The van der Waals surface area contributed by atoms with Crippen molar-refractivity contribution in [2.45, 2.75) is 19.4 Å². The predicted molar refractivity (Wildman–Crippen MR) is 117 cm³/mol. The van der Waals surface area contributed by atoms with Crippen molar-refractivity contribution in [3.05, 3.63) is 65.6 Å². The van der Waals surface area contributed by atoms with Crippen LogP contribution in [0.2, 0.25) is 0 Å². The molecule has 8 nitrogen and oxygen atoms in total. The molecule has 0 radical (unpaired) electrons. The maximum absolute atomic E-state index is 13.6. The van der Waals surface area contributed by atoms with Crippen molar-refractivity contribution in [1.29, 1.82) is 0 Å². The molecule has 0 aliphatic carbocycles.